The molecule has 1 aromatic rings. The Bertz CT molecular complexity index is 763. The van der Waals surface area contributed by atoms with Crippen molar-refractivity contribution in [1.29, 1.82) is 0 Å². The SMILES string of the molecule is CC(C)CCN(CCC(C)C)C(=O)CSc1nnc(CC2CCS(=O)(=O)C2)n1C. The van der Waals surface area contributed by atoms with Crippen LogP contribution in [-0.2, 0) is 28.1 Å². The maximum atomic E-state index is 12.8. The van der Waals surface area contributed by atoms with Gasteiger partial charge in [0.15, 0.2) is 15.0 Å². The van der Waals surface area contributed by atoms with Crippen LogP contribution in [0.3, 0.4) is 0 Å². The first-order valence-electron chi connectivity index (χ1n) is 10.6. The summed E-state index contributed by atoms with van der Waals surface area (Å²) in [6.07, 6.45) is 3.32. The molecule has 9 heteroatoms. The Balaban J connectivity index is 1.91. The van der Waals surface area contributed by atoms with E-state index in [2.05, 4.69) is 37.9 Å². The normalized spacial score (nSPS) is 18.7. The fourth-order valence-corrected chi connectivity index (χ4v) is 6.04. The Kier molecular flexibility index (Phi) is 9.00. The smallest absolute Gasteiger partial charge is 0.233 e. The first-order chi connectivity index (χ1) is 13.6. The summed E-state index contributed by atoms with van der Waals surface area (Å²) in [7, 11) is -0.999. The van der Waals surface area contributed by atoms with E-state index in [1.54, 1.807) is 0 Å². The maximum Gasteiger partial charge on any atom is 0.233 e. The second-order valence-electron chi connectivity index (χ2n) is 8.97. The van der Waals surface area contributed by atoms with Crippen molar-refractivity contribution in [2.45, 2.75) is 58.5 Å². The second kappa shape index (κ2) is 10.8. The topological polar surface area (TPSA) is 85.2 Å². The van der Waals surface area contributed by atoms with Crippen LogP contribution in [0.4, 0.5) is 0 Å². The molecule has 1 saturated heterocycles. The zero-order chi connectivity index (χ0) is 21.6. The van der Waals surface area contributed by atoms with Gasteiger partial charge in [-0.3, -0.25) is 4.79 Å². The van der Waals surface area contributed by atoms with Gasteiger partial charge in [0.25, 0.3) is 0 Å². The molecule has 7 nitrogen and oxygen atoms in total. The summed E-state index contributed by atoms with van der Waals surface area (Å²) in [6.45, 7) is 10.3. The highest BCUT2D eigenvalue weighted by molar-refractivity contribution is 7.99. The zero-order valence-corrected chi connectivity index (χ0v) is 20.1. The number of nitrogens with zero attached hydrogens (tertiary/aromatic N) is 4. The molecule has 0 radical (unpaired) electrons. The highest BCUT2D eigenvalue weighted by atomic mass is 32.2. The lowest BCUT2D eigenvalue weighted by atomic mass is 10.1. The molecule has 1 fully saturated rings. The van der Waals surface area contributed by atoms with E-state index in [9.17, 15) is 13.2 Å². The van der Waals surface area contributed by atoms with E-state index in [0.29, 0.717) is 35.6 Å². The molecule has 0 aromatic carbocycles. The molecule has 1 aromatic heterocycles. The van der Waals surface area contributed by atoms with Gasteiger partial charge in [0.05, 0.1) is 17.3 Å². The first-order valence-corrected chi connectivity index (χ1v) is 13.4. The van der Waals surface area contributed by atoms with Crippen molar-refractivity contribution >= 4 is 27.5 Å². The Morgan fingerprint density at radius 3 is 2.31 bits per heavy atom. The summed E-state index contributed by atoms with van der Waals surface area (Å²) in [5.41, 5.74) is 0. The van der Waals surface area contributed by atoms with Gasteiger partial charge in [-0.1, -0.05) is 39.5 Å². The molecule has 2 heterocycles. The van der Waals surface area contributed by atoms with Crippen molar-refractivity contribution in [2.75, 3.05) is 30.3 Å². The number of aromatic nitrogens is 3. The van der Waals surface area contributed by atoms with Gasteiger partial charge in [0, 0.05) is 26.6 Å². The number of thioether (sulfide) groups is 1. The molecule has 0 spiro atoms. The number of carbonyl (C=O) groups is 1. The molecule has 0 aliphatic carbocycles. The summed E-state index contributed by atoms with van der Waals surface area (Å²) in [5, 5.41) is 9.18. The largest absolute Gasteiger partial charge is 0.342 e. The van der Waals surface area contributed by atoms with Gasteiger partial charge in [-0.25, -0.2) is 8.42 Å². The Morgan fingerprint density at radius 2 is 1.79 bits per heavy atom. The maximum absolute atomic E-state index is 12.8. The van der Waals surface area contributed by atoms with E-state index in [0.717, 1.165) is 31.8 Å². The molecule has 1 unspecified atom stereocenters. The van der Waals surface area contributed by atoms with Crippen molar-refractivity contribution in [3.8, 4) is 0 Å². The van der Waals surface area contributed by atoms with Crippen molar-refractivity contribution in [3.05, 3.63) is 5.82 Å². The van der Waals surface area contributed by atoms with Gasteiger partial charge in [0.1, 0.15) is 5.82 Å². The number of carbonyl (C=O) groups excluding carboxylic acids is 1. The monoisotopic (exact) mass is 444 g/mol. The molecule has 29 heavy (non-hydrogen) atoms. The van der Waals surface area contributed by atoms with Gasteiger partial charge in [-0.15, -0.1) is 10.2 Å². The van der Waals surface area contributed by atoms with Gasteiger partial charge in [0.2, 0.25) is 5.91 Å². The zero-order valence-electron chi connectivity index (χ0n) is 18.4. The van der Waals surface area contributed by atoms with E-state index < -0.39 is 9.84 Å². The summed E-state index contributed by atoms with van der Waals surface area (Å²) in [4.78, 5) is 14.8. The lowest BCUT2D eigenvalue weighted by Gasteiger charge is -2.24. The lowest BCUT2D eigenvalue weighted by Crippen LogP contribution is -2.35. The fourth-order valence-electron chi connectivity index (χ4n) is 3.35. The van der Waals surface area contributed by atoms with Crippen LogP contribution < -0.4 is 0 Å². The molecule has 0 N–H and O–H groups in total. The van der Waals surface area contributed by atoms with E-state index >= 15 is 0 Å². The van der Waals surface area contributed by atoms with Crippen LogP contribution in [-0.4, -0.2) is 64.3 Å². The van der Waals surface area contributed by atoms with Crippen molar-refractivity contribution in [3.63, 3.8) is 0 Å². The minimum Gasteiger partial charge on any atom is -0.342 e. The second-order valence-corrected chi connectivity index (χ2v) is 12.1. The molecule has 0 bridgehead atoms. The standard InChI is InChI=1S/C20H36N4O3S2/c1-15(2)6-9-24(10-7-16(3)4)19(25)13-28-20-22-21-18(23(20)5)12-17-8-11-29(26,27)14-17/h15-17H,6-14H2,1-5H3. The molecule has 2 rings (SSSR count). The summed E-state index contributed by atoms with van der Waals surface area (Å²) in [6, 6.07) is 0. The van der Waals surface area contributed by atoms with E-state index in [1.807, 2.05) is 16.5 Å². The number of sulfone groups is 1. The predicted molar refractivity (Wildman–Crippen MR) is 118 cm³/mol. The van der Waals surface area contributed by atoms with Crippen LogP contribution in [0.5, 0.6) is 0 Å². The fraction of sp³-hybridized carbons (Fsp3) is 0.850. The Labute approximate surface area is 179 Å². The molecule has 1 aliphatic rings. The van der Waals surface area contributed by atoms with Gasteiger partial charge in [-0.05, 0) is 37.0 Å². The summed E-state index contributed by atoms with van der Waals surface area (Å²) < 4.78 is 25.2. The molecule has 1 aliphatic heterocycles. The van der Waals surface area contributed by atoms with Crippen LogP contribution in [0.15, 0.2) is 5.16 Å². The molecule has 0 saturated carbocycles. The van der Waals surface area contributed by atoms with Crippen molar-refractivity contribution in [1.82, 2.24) is 19.7 Å². The molecule has 1 amide bonds. The van der Waals surface area contributed by atoms with Crippen LogP contribution in [0, 0.1) is 17.8 Å². The van der Waals surface area contributed by atoms with Gasteiger partial charge in [-0.2, -0.15) is 0 Å². The van der Waals surface area contributed by atoms with Gasteiger partial charge < -0.3 is 9.47 Å². The molecular weight excluding hydrogens is 408 g/mol. The average Bonchev–Trinajstić information content (AvgIpc) is 3.14. The Morgan fingerprint density at radius 1 is 1.17 bits per heavy atom. The minimum absolute atomic E-state index is 0.116. The molecule has 166 valence electrons. The third kappa shape index (κ3) is 7.92. The molecule has 1 atom stereocenters. The first kappa shape index (κ1) is 24.2. The number of rotatable bonds is 11. The molecular formula is C20H36N4O3S2. The van der Waals surface area contributed by atoms with Crippen LogP contribution in [0.1, 0.15) is 52.8 Å². The third-order valence-electron chi connectivity index (χ3n) is 5.35. The quantitative estimate of drug-likeness (QED) is 0.488. The number of hydrogen-bond acceptors (Lipinski definition) is 6. The van der Waals surface area contributed by atoms with Crippen molar-refractivity contribution < 1.29 is 13.2 Å². The van der Waals surface area contributed by atoms with E-state index in [4.69, 9.17) is 0 Å². The van der Waals surface area contributed by atoms with E-state index in [-0.39, 0.29) is 23.3 Å². The summed E-state index contributed by atoms with van der Waals surface area (Å²) in [5.74, 6) is 3.04. The van der Waals surface area contributed by atoms with Crippen molar-refractivity contribution in [2.24, 2.45) is 24.8 Å². The van der Waals surface area contributed by atoms with Crippen LogP contribution >= 0.6 is 11.8 Å². The van der Waals surface area contributed by atoms with Crippen LogP contribution in [0.25, 0.3) is 0 Å². The average molecular weight is 445 g/mol. The minimum atomic E-state index is -2.89. The summed E-state index contributed by atoms with van der Waals surface area (Å²) >= 11 is 1.41. The van der Waals surface area contributed by atoms with Crippen LogP contribution in [0.2, 0.25) is 0 Å². The number of hydrogen-bond donors (Lipinski definition) is 0. The predicted octanol–water partition coefficient (Wildman–Crippen LogP) is 2.81. The Hall–Kier alpha value is -1.09. The highest BCUT2D eigenvalue weighted by Gasteiger charge is 2.29. The van der Waals surface area contributed by atoms with E-state index in [1.165, 1.54) is 11.8 Å². The lowest BCUT2D eigenvalue weighted by molar-refractivity contribution is -0.128. The van der Waals surface area contributed by atoms with Gasteiger partial charge >= 0.3 is 0 Å². The highest BCUT2D eigenvalue weighted by Crippen LogP contribution is 2.24. The third-order valence-corrected chi connectivity index (χ3v) is 8.20. The number of amides is 1.